The second-order valence-electron chi connectivity index (χ2n) is 13.7. The third-order valence-electron chi connectivity index (χ3n) is 9.05. The molecule has 0 aromatic heterocycles. The molecule has 0 spiro atoms. The molecule has 0 heterocycles. The summed E-state index contributed by atoms with van der Waals surface area (Å²) in [5.74, 6) is 2.42. The highest BCUT2D eigenvalue weighted by molar-refractivity contribution is 6.74. The van der Waals surface area contributed by atoms with Crippen LogP contribution in [0, 0.1) is 0 Å². The third-order valence-corrected chi connectivity index (χ3v) is 17.8. The van der Waals surface area contributed by atoms with Crippen molar-refractivity contribution in [3.63, 3.8) is 0 Å². The average molecular weight is 519 g/mol. The first kappa shape index (κ1) is 27.0. The van der Waals surface area contributed by atoms with Crippen LogP contribution in [-0.4, -0.2) is 16.6 Å². The van der Waals surface area contributed by atoms with Crippen LogP contribution in [-0.2, 0) is 21.7 Å². The summed E-state index contributed by atoms with van der Waals surface area (Å²) in [6, 6.07) is 17.8. The molecule has 194 valence electrons. The van der Waals surface area contributed by atoms with Gasteiger partial charge in [-0.25, -0.2) is 0 Å². The molecule has 0 bridgehead atoms. The first-order valence-corrected chi connectivity index (χ1v) is 19.4. The topological polar surface area (TPSA) is 18.5 Å². The number of allylic oxidation sites excluding steroid dienone is 4. The lowest BCUT2D eigenvalue weighted by Crippen LogP contribution is -2.40. The van der Waals surface area contributed by atoms with E-state index in [0.29, 0.717) is 0 Å². The summed E-state index contributed by atoms with van der Waals surface area (Å²) in [6.07, 6.45) is 3.80. The van der Waals surface area contributed by atoms with E-state index in [-0.39, 0.29) is 10.1 Å². The maximum Gasteiger partial charge on any atom is 0.250 e. The lowest BCUT2D eigenvalue weighted by Gasteiger charge is -2.37. The number of hydrogen-bond donors (Lipinski definition) is 0. The van der Waals surface area contributed by atoms with E-state index in [9.17, 15) is 0 Å². The zero-order chi connectivity index (χ0) is 26.5. The molecule has 4 rings (SSSR count). The van der Waals surface area contributed by atoms with Gasteiger partial charge in [0.05, 0.1) is 11.5 Å². The van der Waals surface area contributed by atoms with Crippen LogP contribution < -0.4 is 0 Å². The van der Waals surface area contributed by atoms with Gasteiger partial charge in [0.1, 0.15) is 0 Å². The van der Waals surface area contributed by atoms with E-state index in [1.54, 1.807) is 0 Å². The molecule has 36 heavy (non-hydrogen) atoms. The van der Waals surface area contributed by atoms with Gasteiger partial charge in [0.15, 0.2) is 0 Å². The molecule has 0 fully saturated rings. The summed E-state index contributed by atoms with van der Waals surface area (Å²) in [5, 5.41) is 0.355. The molecule has 0 saturated heterocycles. The minimum Gasteiger partial charge on any atom is -0.546 e. The predicted molar refractivity (Wildman–Crippen MR) is 160 cm³/mol. The normalized spacial score (nSPS) is 16.4. The van der Waals surface area contributed by atoms with Crippen LogP contribution in [0.2, 0.25) is 36.3 Å². The Labute approximate surface area is 222 Å². The molecular formula is C32H46O2Si2. The van der Waals surface area contributed by atoms with Crippen molar-refractivity contribution in [3.05, 3.63) is 82.3 Å². The van der Waals surface area contributed by atoms with Gasteiger partial charge in [-0.2, -0.15) is 0 Å². The molecule has 0 unspecified atom stereocenters. The van der Waals surface area contributed by atoms with Gasteiger partial charge in [0, 0.05) is 12.8 Å². The molecule has 2 aromatic carbocycles. The van der Waals surface area contributed by atoms with E-state index in [2.05, 4.69) is 116 Å². The summed E-state index contributed by atoms with van der Waals surface area (Å²) < 4.78 is 13.9. The molecule has 0 saturated carbocycles. The molecule has 0 radical (unpaired) electrons. The van der Waals surface area contributed by atoms with E-state index in [4.69, 9.17) is 8.85 Å². The number of rotatable bonds is 7. The summed E-state index contributed by atoms with van der Waals surface area (Å²) in [6.45, 7) is 23.4. The first-order chi connectivity index (χ1) is 16.6. The van der Waals surface area contributed by atoms with Crippen molar-refractivity contribution in [2.45, 2.75) is 103 Å². The van der Waals surface area contributed by atoms with Crippen LogP contribution in [0.1, 0.15) is 76.6 Å². The zero-order valence-electron chi connectivity index (χ0n) is 24.3. The fraction of sp³-hybridized carbons (Fsp3) is 0.500. The van der Waals surface area contributed by atoms with Crippen molar-refractivity contribution in [1.82, 2.24) is 0 Å². The van der Waals surface area contributed by atoms with Crippen molar-refractivity contribution in [3.8, 4) is 0 Å². The Bertz CT molecular complexity index is 1110. The Hall–Kier alpha value is -2.05. The second-order valence-corrected chi connectivity index (χ2v) is 23.1. The smallest absolute Gasteiger partial charge is 0.250 e. The minimum atomic E-state index is -1.92. The van der Waals surface area contributed by atoms with Gasteiger partial charge in [-0.15, -0.1) is 0 Å². The Balaban J connectivity index is 1.69. The number of fused-ring (bicyclic) bond motifs is 2. The third kappa shape index (κ3) is 5.17. The van der Waals surface area contributed by atoms with E-state index < -0.39 is 16.6 Å². The van der Waals surface area contributed by atoms with Crippen molar-refractivity contribution in [2.75, 3.05) is 0 Å². The fourth-order valence-electron chi connectivity index (χ4n) is 4.71. The fourth-order valence-corrected chi connectivity index (χ4v) is 6.95. The van der Waals surface area contributed by atoms with Crippen LogP contribution in [0.15, 0.2) is 60.0 Å². The zero-order valence-corrected chi connectivity index (χ0v) is 26.3. The van der Waals surface area contributed by atoms with Gasteiger partial charge >= 0.3 is 0 Å². The van der Waals surface area contributed by atoms with Gasteiger partial charge in [-0.1, -0.05) is 90.1 Å². The highest BCUT2D eigenvalue weighted by atomic mass is 28.4. The molecule has 2 nitrogen and oxygen atoms in total. The van der Waals surface area contributed by atoms with Crippen molar-refractivity contribution in [2.24, 2.45) is 0 Å². The lowest BCUT2D eigenvalue weighted by molar-refractivity contribution is 0.377. The van der Waals surface area contributed by atoms with Crippen LogP contribution in [0.3, 0.4) is 0 Å². The molecule has 2 aliphatic carbocycles. The largest absolute Gasteiger partial charge is 0.546 e. The molecule has 2 aliphatic rings. The molecule has 0 aliphatic heterocycles. The minimum absolute atomic E-state index is 0.178. The van der Waals surface area contributed by atoms with E-state index in [1.807, 2.05) is 0 Å². The quantitative estimate of drug-likeness (QED) is 0.340. The SMILES string of the molecule is CC(C)(C)[Si](C)(C)OC1=C(CCC2=C(O[Si](C)(C)C(C)(C)C)Cc3ccccc32)c2ccccc2C1. The molecular weight excluding hydrogens is 473 g/mol. The summed E-state index contributed by atoms with van der Waals surface area (Å²) in [7, 11) is -3.85. The molecule has 2 aromatic rings. The van der Waals surface area contributed by atoms with Crippen LogP contribution >= 0.6 is 0 Å². The van der Waals surface area contributed by atoms with Gasteiger partial charge in [0.2, 0.25) is 16.6 Å². The van der Waals surface area contributed by atoms with Gasteiger partial charge in [-0.05, 0) is 82.5 Å². The van der Waals surface area contributed by atoms with E-state index in [1.165, 1.54) is 44.9 Å². The highest BCUT2D eigenvalue weighted by Crippen LogP contribution is 2.47. The Morgan fingerprint density at radius 1 is 0.583 bits per heavy atom. The van der Waals surface area contributed by atoms with Crippen LogP contribution in [0.5, 0.6) is 0 Å². The maximum atomic E-state index is 6.97. The molecule has 0 N–H and O–H groups in total. The first-order valence-electron chi connectivity index (χ1n) is 13.6. The number of benzene rings is 2. The summed E-state index contributed by atoms with van der Waals surface area (Å²) in [5.41, 5.74) is 8.37. The Kier molecular flexibility index (Phi) is 7.02. The summed E-state index contributed by atoms with van der Waals surface area (Å²) >= 11 is 0. The van der Waals surface area contributed by atoms with Gasteiger partial charge in [0.25, 0.3) is 0 Å². The van der Waals surface area contributed by atoms with Gasteiger partial charge in [-0.3, -0.25) is 0 Å². The standard InChI is InChI=1S/C32H46O2Si2/c1-31(2,3)35(7,8)33-29-21-23-15-11-13-17-25(23)27(29)19-20-28-26-18-14-12-16-24(26)22-30(28)34-36(9,10)32(4,5)6/h11-18H,19-22H2,1-10H3. The monoisotopic (exact) mass is 518 g/mol. The lowest BCUT2D eigenvalue weighted by atomic mass is 9.96. The number of hydrogen-bond acceptors (Lipinski definition) is 2. The maximum absolute atomic E-state index is 6.97. The van der Waals surface area contributed by atoms with Crippen molar-refractivity contribution < 1.29 is 8.85 Å². The second kappa shape index (κ2) is 9.36. The van der Waals surface area contributed by atoms with Crippen LogP contribution in [0.4, 0.5) is 0 Å². The average Bonchev–Trinajstić information content (AvgIpc) is 3.27. The molecule has 4 heteroatoms. The Morgan fingerprint density at radius 2 is 0.917 bits per heavy atom. The van der Waals surface area contributed by atoms with Gasteiger partial charge < -0.3 is 8.85 Å². The van der Waals surface area contributed by atoms with Crippen LogP contribution in [0.25, 0.3) is 11.1 Å². The molecule has 0 atom stereocenters. The van der Waals surface area contributed by atoms with Crippen molar-refractivity contribution in [1.29, 1.82) is 0 Å². The molecule has 0 amide bonds. The summed E-state index contributed by atoms with van der Waals surface area (Å²) in [4.78, 5) is 0. The predicted octanol–water partition coefficient (Wildman–Crippen LogP) is 9.74. The van der Waals surface area contributed by atoms with E-state index >= 15 is 0 Å². The van der Waals surface area contributed by atoms with Crippen molar-refractivity contribution >= 4 is 27.8 Å². The highest BCUT2D eigenvalue weighted by Gasteiger charge is 2.42. The Morgan fingerprint density at radius 3 is 1.25 bits per heavy atom. The van der Waals surface area contributed by atoms with E-state index in [0.717, 1.165) is 25.7 Å².